The normalized spacial score (nSPS) is 10.9. The molecular weight excluding hydrogens is 346 g/mol. The van der Waals surface area contributed by atoms with Gasteiger partial charge >= 0.3 is 6.01 Å². The van der Waals surface area contributed by atoms with Gasteiger partial charge in [0.05, 0.1) is 5.02 Å². The van der Waals surface area contributed by atoms with Crippen LogP contribution in [-0.2, 0) is 0 Å². The lowest BCUT2D eigenvalue weighted by molar-refractivity contribution is 0.102. The largest absolute Gasteiger partial charge is 0.403 e. The summed E-state index contributed by atoms with van der Waals surface area (Å²) in [6.07, 6.45) is 0. The molecule has 0 aliphatic rings. The minimum absolute atomic E-state index is 0.0346. The molecule has 118 valence electrons. The first kappa shape index (κ1) is 14.9. The van der Waals surface area contributed by atoms with E-state index in [-0.39, 0.29) is 11.9 Å². The number of thiophene rings is 1. The van der Waals surface area contributed by atoms with Gasteiger partial charge in [-0.05, 0) is 18.2 Å². The van der Waals surface area contributed by atoms with E-state index in [2.05, 4.69) is 15.5 Å². The first-order valence-electron chi connectivity index (χ1n) is 7.09. The van der Waals surface area contributed by atoms with Crippen molar-refractivity contribution in [3.63, 3.8) is 0 Å². The van der Waals surface area contributed by atoms with Crippen LogP contribution in [0.2, 0.25) is 5.02 Å². The van der Waals surface area contributed by atoms with Crippen molar-refractivity contribution >= 4 is 44.9 Å². The molecule has 2 aromatic carbocycles. The number of aromatic nitrogens is 2. The van der Waals surface area contributed by atoms with Crippen LogP contribution < -0.4 is 5.32 Å². The Morgan fingerprint density at radius 1 is 1.04 bits per heavy atom. The van der Waals surface area contributed by atoms with E-state index in [1.54, 1.807) is 0 Å². The average Bonchev–Trinajstić information content (AvgIpc) is 3.21. The number of nitrogens with one attached hydrogen (secondary N) is 1. The topological polar surface area (TPSA) is 68.0 Å². The van der Waals surface area contributed by atoms with E-state index in [0.29, 0.717) is 15.8 Å². The summed E-state index contributed by atoms with van der Waals surface area (Å²) < 4.78 is 6.43. The van der Waals surface area contributed by atoms with Gasteiger partial charge in [0.1, 0.15) is 4.88 Å². The van der Waals surface area contributed by atoms with Crippen molar-refractivity contribution < 1.29 is 9.21 Å². The highest BCUT2D eigenvalue weighted by Crippen LogP contribution is 2.35. The number of halogens is 1. The third-order valence-corrected chi connectivity index (χ3v) is 5.08. The van der Waals surface area contributed by atoms with Crippen LogP contribution in [0.1, 0.15) is 9.67 Å². The van der Waals surface area contributed by atoms with Gasteiger partial charge in [0.15, 0.2) is 0 Å². The van der Waals surface area contributed by atoms with E-state index in [0.717, 1.165) is 15.6 Å². The number of benzene rings is 2. The maximum atomic E-state index is 12.4. The minimum Gasteiger partial charge on any atom is -0.403 e. The maximum absolute atomic E-state index is 12.4. The van der Waals surface area contributed by atoms with Crippen LogP contribution in [0.4, 0.5) is 6.01 Å². The zero-order valence-electron chi connectivity index (χ0n) is 12.2. The molecule has 0 unspecified atom stereocenters. The summed E-state index contributed by atoms with van der Waals surface area (Å²) in [5.74, 6) is -0.0298. The maximum Gasteiger partial charge on any atom is 0.322 e. The van der Waals surface area contributed by atoms with E-state index in [4.69, 9.17) is 16.0 Å². The molecule has 4 aromatic rings. The van der Waals surface area contributed by atoms with Crippen LogP contribution in [-0.4, -0.2) is 16.1 Å². The second-order valence-electron chi connectivity index (χ2n) is 4.97. The summed E-state index contributed by atoms with van der Waals surface area (Å²) in [7, 11) is 0. The van der Waals surface area contributed by atoms with E-state index in [9.17, 15) is 4.79 Å². The molecule has 2 aromatic heterocycles. The number of carbonyl (C=O) groups excluding carboxylic acids is 1. The fourth-order valence-corrected chi connectivity index (χ4v) is 3.70. The van der Waals surface area contributed by atoms with Crippen molar-refractivity contribution in [3.05, 3.63) is 64.5 Å². The smallest absolute Gasteiger partial charge is 0.322 e. The standard InChI is InChI=1S/C17H10ClN3O2S/c18-13-11-8-4-5-9-12(11)24-14(13)15(22)19-17-21-20-16(23-17)10-6-2-1-3-7-10/h1-9H,(H,19,21,22). The van der Waals surface area contributed by atoms with Gasteiger partial charge in [0.25, 0.3) is 5.91 Å². The van der Waals surface area contributed by atoms with Gasteiger partial charge in [-0.15, -0.1) is 16.4 Å². The number of carbonyl (C=O) groups is 1. The van der Waals surface area contributed by atoms with Crippen LogP contribution >= 0.6 is 22.9 Å². The van der Waals surface area contributed by atoms with Gasteiger partial charge in [-0.3, -0.25) is 10.1 Å². The quantitative estimate of drug-likeness (QED) is 0.570. The van der Waals surface area contributed by atoms with Crippen LogP contribution in [0.15, 0.2) is 59.0 Å². The lowest BCUT2D eigenvalue weighted by Gasteiger charge is -1.98. The van der Waals surface area contributed by atoms with Gasteiger partial charge < -0.3 is 4.42 Å². The highest BCUT2D eigenvalue weighted by molar-refractivity contribution is 7.21. The summed E-state index contributed by atoms with van der Waals surface area (Å²) in [6, 6.07) is 17.0. The van der Waals surface area contributed by atoms with E-state index in [1.165, 1.54) is 11.3 Å². The van der Waals surface area contributed by atoms with Crippen molar-refractivity contribution in [1.29, 1.82) is 0 Å². The van der Waals surface area contributed by atoms with Crippen LogP contribution in [0.25, 0.3) is 21.5 Å². The monoisotopic (exact) mass is 355 g/mol. The molecule has 5 nitrogen and oxygen atoms in total. The lowest BCUT2D eigenvalue weighted by Crippen LogP contribution is -2.10. The Kier molecular flexibility index (Phi) is 3.76. The summed E-state index contributed by atoms with van der Waals surface area (Å²) in [6.45, 7) is 0. The summed E-state index contributed by atoms with van der Waals surface area (Å²) in [5, 5.41) is 11.7. The number of fused-ring (bicyclic) bond motifs is 1. The molecular formula is C17H10ClN3O2S. The molecule has 1 amide bonds. The zero-order valence-corrected chi connectivity index (χ0v) is 13.8. The molecule has 0 aliphatic heterocycles. The third-order valence-electron chi connectivity index (χ3n) is 3.41. The SMILES string of the molecule is O=C(Nc1nnc(-c2ccccc2)o1)c1sc2ccccc2c1Cl. The molecule has 24 heavy (non-hydrogen) atoms. The second-order valence-corrected chi connectivity index (χ2v) is 6.40. The molecule has 0 saturated heterocycles. The number of hydrogen-bond acceptors (Lipinski definition) is 5. The van der Waals surface area contributed by atoms with Gasteiger partial charge in [-0.1, -0.05) is 53.1 Å². The Bertz CT molecular complexity index is 1030. The van der Waals surface area contributed by atoms with Crippen LogP contribution in [0, 0.1) is 0 Å². The number of amides is 1. The van der Waals surface area contributed by atoms with Gasteiger partial charge in [-0.25, -0.2) is 0 Å². The number of nitrogens with zero attached hydrogens (tertiary/aromatic N) is 2. The predicted molar refractivity (Wildman–Crippen MR) is 94.5 cm³/mol. The molecule has 7 heteroatoms. The fraction of sp³-hybridized carbons (Fsp3) is 0. The number of anilines is 1. The molecule has 0 aliphatic carbocycles. The molecule has 0 spiro atoms. The zero-order chi connectivity index (χ0) is 16.5. The van der Waals surface area contributed by atoms with E-state index < -0.39 is 0 Å². The van der Waals surface area contributed by atoms with E-state index in [1.807, 2.05) is 54.6 Å². The molecule has 4 rings (SSSR count). The Labute approximate surface area is 145 Å². The highest BCUT2D eigenvalue weighted by atomic mass is 35.5. The molecule has 1 N–H and O–H groups in total. The average molecular weight is 356 g/mol. The molecule has 2 heterocycles. The van der Waals surface area contributed by atoms with Crippen molar-refractivity contribution in [2.24, 2.45) is 0 Å². The van der Waals surface area contributed by atoms with Crippen molar-refractivity contribution in [2.75, 3.05) is 5.32 Å². The predicted octanol–water partition coefficient (Wildman–Crippen LogP) is 4.86. The Hall–Kier alpha value is -2.70. The lowest BCUT2D eigenvalue weighted by atomic mass is 10.2. The first-order valence-corrected chi connectivity index (χ1v) is 8.29. The van der Waals surface area contributed by atoms with Crippen LogP contribution in [0.3, 0.4) is 0 Å². The molecule has 0 atom stereocenters. The number of rotatable bonds is 3. The second kappa shape index (κ2) is 6.07. The molecule has 0 fully saturated rings. The number of hydrogen-bond donors (Lipinski definition) is 1. The Morgan fingerprint density at radius 3 is 2.58 bits per heavy atom. The Morgan fingerprint density at radius 2 is 1.79 bits per heavy atom. The molecule has 0 saturated carbocycles. The summed E-state index contributed by atoms with van der Waals surface area (Å²) in [4.78, 5) is 12.9. The fourth-order valence-electron chi connectivity index (χ4n) is 2.29. The van der Waals surface area contributed by atoms with Crippen LogP contribution in [0.5, 0.6) is 0 Å². The van der Waals surface area contributed by atoms with Crippen molar-refractivity contribution in [2.45, 2.75) is 0 Å². The summed E-state index contributed by atoms with van der Waals surface area (Å²) >= 11 is 7.62. The van der Waals surface area contributed by atoms with Gasteiger partial charge in [0.2, 0.25) is 5.89 Å². The first-order chi connectivity index (χ1) is 11.7. The molecule has 0 radical (unpaired) electrons. The van der Waals surface area contributed by atoms with Crippen molar-refractivity contribution in [3.8, 4) is 11.5 Å². The summed E-state index contributed by atoms with van der Waals surface area (Å²) in [5.41, 5.74) is 0.783. The van der Waals surface area contributed by atoms with E-state index >= 15 is 0 Å². The van der Waals surface area contributed by atoms with Gasteiger partial charge in [-0.2, -0.15) is 0 Å². The van der Waals surface area contributed by atoms with Gasteiger partial charge in [0, 0.05) is 15.6 Å². The third kappa shape index (κ3) is 2.66. The highest BCUT2D eigenvalue weighted by Gasteiger charge is 2.19. The van der Waals surface area contributed by atoms with Crippen molar-refractivity contribution in [1.82, 2.24) is 10.2 Å². The molecule has 0 bridgehead atoms. The Balaban J connectivity index is 1.60. The minimum atomic E-state index is -0.371.